The highest BCUT2D eigenvalue weighted by molar-refractivity contribution is 6.17. The van der Waals surface area contributed by atoms with Crippen LogP contribution in [0, 0.1) is 0 Å². The average molecular weight is 259 g/mol. The summed E-state index contributed by atoms with van der Waals surface area (Å²) in [6.07, 6.45) is 7.52. The number of unbranched alkanes of at least 4 members (excludes halogenated alkanes) is 1. The van der Waals surface area contributed by atoms with E-state index in [0.717, 1.165) is 25.8 Å². The van der Waals surface area contributed by atoms with Crippen molar-refractivity contribution in [2.24, 2.45) is 0 Å². The van der Waals surface area contributed by atoms with Crippen LogP contribution in [0.25, 0.3) is 0 Å². The maximum atomic E-state index is 11.8. The molecule has 2 rings (SSSR count). The first kappa shape index (κ1) is 13.2. The van der Waals surface area contributed by atoms with Gasteiger partial charge in [0.15, 0.2) is 0 Å². The van der Waals surface area contributed by atoms with Gasteiger partial charge in [0.25, 0.3) is 0 Å². The molecule has 1 N–H and O–H groups in total. The van der Waals surface area contributed by atoms with Gasteiger partial charge in [-0.05, 0) is 38.6 Å². The number of hydrogen-bond donors (Lipinski definition) is 1. The zero-order chi connectivity index (χ0) is 12.1. The van der Waals surface area contributed by atoms with E-state index in [1.165, 1.54) is 25.8 Å². The predicted octanol–water partition coefficient (Wildman–Crippen LogP) is 2.14. The summed E-state index contributed by atoms with van der Waals surface area (Å²) in [4.78, 5) is 14.3. The molecule has 0 aromatic rings. The quantitative estimate of drug-likeness (QED) is 0.605. The predicted molar refractivity (Wildman–Crippen MR) is 70.3 cm³/mol. The van der Waals surface area contributed by atoms with E-state index in [4.69, 9.17) is 11.6 Å². The maximum absolute atomic E-state index is 11.8. The van der Waals surface area contributed by atoms with Gasteiger partial charge in [0.1, 0.15) is 0 Å². The van der Waals surface area contributed by atoms with Crippen molar-refractivity contribution in [1.29, 1.82) is 0 Å². The molecular formula is C13H23ClN2O. The molecule has 0 aromatic carbocycles. The van der Waals surface area contributed by atoms with E-state index in [0.29, 0.717) is 24.4 Å². The van der Waals surface area contributed by atoms with Gasteiger partial charge in [-0.2, -0.15) is 0 Å². The van der Waals surface area contributed by atoms with E-state index in [1.54, 1.807) is 0 Å². The SMILES string of the molecule is O=C(CCCCCl)NC1CCN2CCCCC12. The van der Waals surface area contributed by atoms with E-state index in [1.807, 2.05) is 0 Å². The minimum Gasteiger partial charge on any atom is -0.352 e. The number of carbonyl (C=O) groups excluding carboxylic acids is 1. The van der Waals surface area contributed by atoms with Crippen molar-refractivity contribution in [3.63, 3.8) is 0 Å². The molecule has 4 heteroatoms. The largest absolute Gasteiger partial charge is 0.352 e. The molecule has 0 aliphatic carbocycles. The van der Waals surface area contributed by atoms with Crippen molar-refractivity contribution in [3.05, 3.63) is 0 Å². The van der Waals surface area contributed by atoms with Crippen LogP contribution in [0.5, 0.6) is 0 Å². The Kier molecular flexibility index (Phi) is 5.11. The Morgan fingerprint density at radius 1 is 1.24 bits per heavy atom. The molecule has 3 nitrogen and oxygen atoms in total. The minimum absolute atomic E-state index is 0.215. The van der Waals surface area contributed by atoms with Crippen molar-refractivity contribution < 1.29 is 4.79 Å². The summed E-state index contributed by atoms with van der Waals surface area (Å²) in [6, 6.07) is 1.01. The number of alkyl halides is 1. The highest BCUT2D eigenvalue weighted by Gasteiger charge is 2.35. The van der Waals surface area contributed by atoms with Crippen LogP contribution in [0.1, 0.15) is 44.9 Å². The van der Waals surface area contributed by atoms with Crippen molar-refractivity contribution in [3.8, 4) is 0 Å². The zero-order valence-corrected chi connectivity index (χ0v) is 11.2. The molecule has 98 valence electrons. The zero-order valence-electron chi connectivity index (χ0n) is 10.5. The van der Waals surface area contributed by atoms with Crippen LogP contribution in [0.2, 0.25) is 0 Å². The maximum Gasteiger partial charge on any atom is 0.220 e. The highest BCUT2D eigenvalue weighted by atomic mass is 35.5. The van der Waals surface area contributed by atoms with Crippen LogP contribution in [-0.2, 0) is 4.79 Å². The number of amides is 1. The Morgan fingerprint density at radius 2 is 2.12 bits per heavy atom. The van der Waals surface area contributed by atoms with Crippen LogP contribution >= 0.6 is 11.6 Å². The first-order valence-corrected chi connectivity index (χ1v) is 7.44. The van der Waals surface area contributed by atoms with Gasteiger partial charge < -0.3 is 5.32 Å². The molecular weight excluding hydrogens is 236 g/mol. The first-order chi connectivity index (χ1) is 8.31. The third-order valence-electron chi connectivity index (χ3n) is 3.99. The second-order valence-electron chi connectivity index (χ2n) is 5.21. The van der Waals surface area contributed by atoms with E-state index in [-0.39, 0.29) is 5.91 Å². The van der Waals surface area contributed by atoms with Gasteiger partial charge in [-0.15, -0.1) is 11.6 Å². The summed E-state index contributed by atoms with van der Waals surface area (Å²) in [6.45, 7) is 2.39. The summed E-state index contributed by atoms with van der Waals surface area (Å²) >= 11 is 5.61. The van der Waals surface area contributed by atoms with E-state index in [2.05, 4.69) is 10.2 Å². The molecule has 2 fully saturated rings. The Balaban J connectivity index is 1.73. The third kappa shape index (κ3) is 3.59. The molecule has 2 unspecified atom stereocenters. The number of piperidine rings is 1. The molecule has 0 aromatic heterocycles. The van der Waals surface area contributed by atoms with Crippen molar-refractivity contribution in [2.45, 2.75) is 57.0 Å². The van der Waals surface area contributed by atoms with Crippen molar-refractivity contribution in [1.82, 2.24) is 10.2 Å². The molecule has 0 bridgehead atoms. The van der Waals surface area contributed by atoms with Gasteiger partial charge in [-0.25, -0.2) is 0 Å². The third-order valence-corrected chi connectivity index (χ3v) is 4.26. The van der Waals surface area contributed by atoms with Crippen LogP contribution in [0.3, 0.4) is 0 Å². The Morgan fingerprint density at radius 3 is 2.94 bits per heavy atom. The van der Waals surface area contributed by atoms with Crippen molar-refractivity contribution >= 4 is 17.5 Å². The van der Waals surface area contributed by atoms with E-state index >= 15 is 0 Å². The minimum atomic E-state index is 0.215. The molecule has 2 saturated heterocycles. The molecule has 17 heavy (non-hydrogen) atoms. The number of rotatable bonds is 5. The fourth-order valence-electron chi connectivity index (χ4n) is 3.07. The molecule has 1 amide bonds. The van der Waals surface area contributed by atoms with Crippen LogP contribution in [0.15, 0.2) is 0 Å². The Labute approximate surface area is 109 Å². The lowest BCUT2D eigenvalue weighted by molar-refractivity contribution is -0.122. The Hall–Kier alpha value is -0.280. The van der Waals surface area contributed by atoms with Gasteiger partial charge in [-0.1, -0.05) is 6.42 Å². The monoisotopic (exact) mass is 258 g/mol. The summed E-state index contributed by atoms with van der Waals surface area (Å²) in [5.41, 5.74) is 0. The number of fused-ring (bicyclic) bond motifs is 1. The summed E-state index contributed by atoms with van der Waals surface area (Å²) in [5, 5.41) is 3.21. The molecule has 0 spiro atoms. The number of nitrogens with zero attached hydrogens (tertiary/aromatic N) is 1. The molecule has 2 aliphatic rings. The summed E-state index contributed by atoms with van der Waals surface area (Å²) in [5.74, 6) is 0.875. The fourth-order valence-corrected chi connectivity index (χ4v) is 3.26. The van der Waals surface area contributed by atoms with Gasteiger partial charge in [0.2, 0.25) is 5.91 Å². The molecule has 2 aliphatic heterocycles. The molecule has 0 radical (unpaired) electrons. The van der Waals surface area contributed by atoms with Crippen LogP contribution in [0.4, 0.5) is 0 Å². The first-order valence-electron chi connectivity index (χ1n) is 6.90. The second-order valence-corrected chi connectivity index (χ2v) is 5.59. The lowest BCUT2D eigenvalue weighted by Crippen LogP contribution is -2.46. The van der Waals surface area contributed by atoms with Crippen LogP contribution in [-0.4, -0.2) is 41.9 Å². The molecule has 2 atom stereocenters. The highest BCUT2D eigenvalue weighted by Crippen LogP contribution is 2.27. The summed E-state index contributed by atoms with van der Waals surface area (Å²) < 4.78 is 0. The smallest absolute Gasteiger partial charge is 0.220 e. The van der Waals surface area contributed by atoms with E-state index in [9.17, 15) is 4.79 Å². The molecule has 2 heterocycles. The van der Waals surface area contributed by atoms with Gasteiger partial charge in [0, 0.05) is 30.9 Å². The standard InChI is InChI=1S/C13H23ClN2O/c14-8-3-1-6-13(17)15-11-7-10-16-9-4-2-5-12(11)16/h11-12H,1-10H2,(H,15,17). The van der Waals surface area contributed by atoms with E-state index < -0.39 is 0 Å². The summed E-state index contributed by atoms with van der Waals surface area (Å²) in [7, 11) is 0. The van der Waals surface area contributed by atoms with Gasteiger partial charge in [-0.3, -0.25) is 9.69 Å². The van der Waals surface area contributed by atoms with Crippen molar-refractivity contribution in [2.75, 3.05) is 19.0 Å². The van der Waals surface area contributed by atoms with Gasteiger partial charge in [0.05, 0.1) is 0 Å². The lowest BCUT2D eigenvalue weighted by Gasteiger charge is -2.32. The van der Waals surface area contributed by atoms with Crippen LogP contribution < -0.4 is 5.32 Å². The normalized spacial score (nSPS) is 29.0. The van der Waals surface area contributed by atoms with Gasteiger partial charge >= 0.3 is 0 Å². The number of nitrogens with one attached hydrogen (secondary N) is 1. The number of halogens is 1. The lowest BCUT2D eigenvalue weighted by atomic mass is 9.99. The topological polar surface area (TPSA) is 32.3 Å². The fraction of sp³-hybridized carbons (Fsp3) is 0.923. The number of carbonyl (C=O) groups is 1. The average Bonchev–Trinajstić information content (AvgIpc) is 2.73. The second kappa shape index (κ2) is 6.60. The molecule has 0 saturated carbocycles. The Bertz CT molecular complexity index is 260. The number of hydrogen-bond acceptors (Lipinski definition) is 2.